The first kappa shape index (κ1) is 17.9. The van der Waals surface area contributed by atoms with Gasteiger partial charge in [-0.3, -0.25) is 0 Å². The number of aryl methyl sites for hydroxylation is 2. The number of benzene rings is 2. The maximum Gasteiger partial charge on any atom is 0.205 e. The highest BCUT2D eigenvalue weighted by Crippen LogP contribution is 2.48. The predicted molar refractivity (Wildman–Crippen MR) is 108 cm³/mol. The van der Waals surface area contributed by atoms with Gasteiger partial charge in [-0.2, -0.15) is 10.3 Å². The Morgan fingerprint density at radius 2 is 1.81 bits per heavy atom. The molecule has 3 heteroatoms. The molecular formula is C24H26N2O. The molecule has 0 radical (unpaired) electrons. The summed E-state index contributed by atoms with van der Waals surface area (Å²) in [6, 6.07) is 17.4. The van der Waals surface area contributed by atoms with Crippen molar-refractivity contribution in [3.8, 4) is 6.19 Å². The topological polar surface area (TPSA) is 45.4 Å². The Morgan fingerprint density at radius 3 is 2.52 bits per heavy atom. The Morgan fingerprint density at radius 1 is 1.07 bits per heavy atom. The van der Waals surface area contributed by atoms with Crippen molar-refractivity contribution in [1.29, 1.82) is 5.26 Å². The molecule has 1 fully saturated rings. The van der Waals surface area contributed by atoms with Gasteiger partial charge >= 0.3 is 0 Å². The lowest BCUT2D eigenvalue weighted by molar-refractivity contribution is 0.0468. The van der Waals surface area contributed by atoms with Gasteiger partial charge in [0.2, 0.25) is 6.19 Å². The number of hydrogen-bond donors (Lipinski definition) is 0. The van der Waals surface area contributed by atoms with Gasteiger partial charge in [0.1, 0.15) is 0 Å². The van der Waals surface area contributed by atoms with Crippen LogP contribution in [0.15, 0.2) is 53.5 Å². The highest BCUT2D eigenvalue weighted by molar-refractivity contribution is 6.09. The maximum atomic E-state index is 9.32. The lowest BCUT2D eigenvalue weighted by Crippen LogP contribution is -2.35. The minimum Gasteiger partial charge on any atom is -0.381 e. The van der Waals surface area contributed by atoms with E-state index in [2.05, 4.69) is 59.7 Å². The van der Waals surface area contributed by atoms with Crippen molar-refractivity contribution in [2.24, 2.45) is 10.4 Å². The highest BCUT2D eigenvalue weighted by atomic mass is 16.5. The van der Waals surface area contributed by atoms with Gasteiger partial charge in [0, 0.05) is 18.1 Å². The molecule has 0 saturated heterocycles. The molecule has 2 aliphatic carbocycles. The van der Waals surface area contributed by atoms with E-state index in [1.165, 1.54) is 22.3 Å². The number of nitriles is 1. The Kier molecular flexibility index (Phi) is 5.09. The van der Waals surface area contributed by atoms with Gasteiger partial charge in [0.25, 0.3) is 0 Å². The summed E-state index contributed by atoms with van der Waals surface area (Å²) >= 11 is 0. The fourth-order valence-electron chi connectivity index (χ4n) is 4.84. The highest BCUT2D eigenvalue weighted by Gasteiger charge is 2.45. The molecule has 2 aromatic rings. The second-order valence-electron chi connectivity index (χ2n) is 7.93. The zero-order valence-electron chi connectivity index (χ0n) is 15.9. The quantitative estimate of drug-likeness (QED) is 0.732. The van der Waals surface area contributed by atoms with E-state index in [9.17, 15) is 5.26 Å². The summed E-state index contributed by atoms with van der Waals surface area (Å²) in [5.74, 6) is 0. The van der Waals surface area contributed by atoms with Crippen LogP contribution in [0.2, 0.25) is 0 Å². The van der Waals surface area contributed by atoms with Crippen LogP contribution in [-0.2, 0) is 24.0 Å². The van der Waals surface area contributed by atoms with E-state index in [1.807, 2.05) is 0 Å². The van der Waals surface area contributed by atoms with Crippen molar-refractivity contribution < 1.29 is 4.74 Å². The van der Waals surface area contributed by atoms with Crippen LogP contribution in [0.1, 0.15) is 47.9 Å². The largest absolute Gasteiger partial charge is 0.381 e. The minimum atomic E-state index is 0.0329. The Labute approximate surface area is 161 Å². The Bertz CT molecular complexity index is 871. The van der Waals surface area contributed by atoms with Crippen molar-refractivity contribution in [2.75, 3.05) is 7.11 Å². The third-order valence-electron chi connectivity index (χ3n) is 6.39. The van der Waals surface area contributed by atoms with Crippen molar-refractivity contribution in [3.05, 3.63) is 70.8 Å². The van der Waals surface area contributed by atoms with Gasteiger partial charge < -0.3 is 4.74 Å². The monoisotopic (exact) mass is 358 g/mol. The molecule has 1 spiro atoms. The molecule has 2 aliphatic rings. The number of rotatable bonds is 4. The van der Waals surface area contributed by atoms with Gasteiger partial charge in [0.15, 0.2) is 0 Å². The molecule has 0 amide bonds. The molecule has 138 valence electrons. The first-order valence-corrected chi connectivity index (χ1v) is 9.90. The van der Waals surface area contributed by atoms with Gasteiger partial charge in [-0.15, -0.1) is 0 Å². The normalized spacial score (nSPS) is 25.5. The zero-order valence-corrected chi connectivity index (χ0v) is 15.9. The third-order valence-corrected chi connectivity index (χ3v) is 6.39. The van der Waals surface area contributed by atoms with E-state index >= 15 is 0 Å². The zero-order chi connectivity index (χ0) is 18.7. The standard InChI is InChI=1S/C24H26N2O/c1-27-21-11-13-24(14-12-21)16-20-10-9-19(15-22(20)23(24)26-17-25)8-7-18-5-3-2-4-6-18/h2-6,9-10,15,21H,7-8,11-14,16H2,1H3/b26-23+/t21-,24-. The van der Waals surface area contributed by atoms with Crippen LogP contribution in [0, 0.1) is 16.9 Å². The summed E-state index contributed by atoms with van der Waals surface area (Å²) < 4.78 is 5.55. The number of hydrogen-bond acceptors (Lipinski definition) is 3. The van der Waals surface area contributed by atoms with E-state index < -0.39 is 0 Å². The number of methoxy groups -OCH3 is 1. The number of aliphatic imine (C=N–C) groups is 1. The van der Waals surface area contributed by atoms with E-state index in [1.54, 1.807) is 7.11 Å². The van der Waals surface area contributed by atoms with Crippen molar-refractivity contribution >= 4 is 5.71 Å². The lowest BCUT2D eigenvalue weighted by Gasteiger charge is -2.36. The van der Waals surface area contributed by atoms with Gasteiger partial charge in [-0.1, -0.05) is 42.5 Å². The molecule has 27 heavy (non-hydrogen) atoms. The average Bonchev–Trinajstić information content (AvgIpc) is 3.01. The summed E-state index contributed by atoms with van der Waals surface area (Å²) in [6.45, 7) is 0. The van der Waals surface area contributed by atoms with Gasteiger partial charge in [-0.25, -0.2) is 0 Å². The fourth-order valence-corrected chi connectivity index (χ4v) is 4.84. The number of nitrogens with zero attached hydrogens (tertiary/aromatic N) is 2. The molecule has 0 N–H and O–H groups in total. The fraction of sp³-hybridized carbons (Fsp3) is 0.417. The summed E-state index contributed by atoms with van der Waals surface area (Å²) in [5, 5.41) is 9.32. The van der Waals surface area contributed by atoms with Crippen LogP contribution in [-0.4, -0.2) is 18.9 Å². The van der Waals surface area contributed by atoms with Crippen LogP contribution in [0.25, 0.3) is 0 Å². The molecule has 4 rings (SSSR count). The number of ether oxygens (including phenoxy) is 1. The second-order valence-corrected chi connectivity index (χ2v) is 7.93. The van der Waals surface area contributed by atoms with Crippen LogP contribution in [0.3, 0.4) is 0 Å². The van der Waals surface area contributed by atoms with E-state index in [0.717, 1.165) is 50.7 Å². The smallest absolute Gasteiger partial charge is 0.205 e. The number of fused-ring (bicyclic) bond motifs is 1. The molecule has 0 atom stereocenters. The van der Waals surface area contributed by atoms with Crippen LogP contribution in [0.5, 0.6) is 0 Å². The SMILES string of the molecule is CO[C@H]1CC[C@]2(CC1)Cc1ccc(CCc3ccccc3)cc1/C2=N\C#N. The summed E-state index contributed by atoms with van der Waals surface area (Å²) in [7, 11) is 1.80. The molecule has 0 aliphatic heterocycles. The molecular weight excluding hydrogens is 332 g/mol. The third kappa shape index (κ3) is 3.55. The van der Waals surface area contributed by atoms with Crippen molar-refractivity contribution in [1.82, 2.24) is 0 Å². The van der Waals surface area contributed by atoms with Gasteiger partial charge in [0.05, 0.1) is 11.8 Å². The Hall–Kier alpha value is -2.44. The Balaban J connectivity index is 1.57. The van der Waals surface area contributed by atoms with Gasteiger partial charge in [-0.05, 0) is 67.7 Å². The summed E-state index contributed by atoms with van der Waals surface area (Å²) in [6.07, 6.45) is 9.70. The van der Waals surface area contributed by atoms with E-state index in [4.69, 9.17) is 4.74 Å². The first-order valence-electron chi connectivity index (χ1n) is 9.90. The van der Waals surface area contributed by atoms with Crippen molar-refractivity contribution in [2.45, 2.75) is 51.0 Å². The molecule has 2 aromatic carbocycles. The second kappa shape index (κ2) is 7.66. The van der Waals surface area contributed by atoms with Crippen molar-refractivity contribution in [3.63, 3.8) is 0 Å². The average molecular weight is 358 g/mol. The molecule has 0 aromatic heterocycles. The van der Waals surface area contributed by atoms with Crippen LogP contribution < -0.4 is 0 Å². The predicted octanol–water partition coefficient (Wildman–Crippen LogP) is 4.87. The summed E-state index contributed by atoms with van der Waals surface area (Å²) in [5.41, 5.74) is 6.30. The molecule has 1 saturated carbocycles. The maximum absolute atomic E-state index is 9.32. The van der Waals surface area contributed by atoms with E-state index in [0.29, 0.717) is 6.10 Å². The molecule has 0 unspecified atom stereocenters. The minimum absolute atomic E-state index is 0.0329. The van der Waals surface area contributed by atoms with Crippen LogP contribution in [0.4, 0.5) is 0 Å². The molecule has 0 bridgehead atoms. The molecule has 3 nitrogen and oxygen atoms in total. The molecule has 0 heterocycles. The van der Waals surface area contributed by atoms with Crippen LogP contribution >= 0.6 is 0 Å². The lowest BCUT2D eigenvalue weighted by atomic mass is 9.70. The summed E-state index contributed by atoms with van der Waals surface area (Å²) in [4.78, 5) is 4.33. The first-order chi connectivity index (χ1) is 13.2. The van der Waals surface area contributed by atoms with E-state index in [-0.39, 0.29) is 5.41 Å².